The van der Waals surface area contributed by atoms with E-state index in [0.717, 1.165) is 10.7 Å². The Labute approximate surface area is 162 Å². The van der Waals surface area contributed by atoms with Gasteiger partial charge in [-0.2, -0.15) is 31.4 Å². The van der Waals surface area contributed by atoms with Crippen LogP contribution in [-0.2, 0) is 25.4 Å². The van der Waals surface area contributed by atoms with Crippen LogP contribution in [-0.4, -0.2) is 22.2 Å². The van der Waals surface area contributed by atoms with Crippen LogP contribution in [0.5, 0.6) is 0 Å². The highest BCUT2D eigenvalue weighted by atomic mass is 127. The van der Waals surface area contributed by atoms with Gasteiger partial charge in [-0.3, -0.25) is 4.79 Å². The molecule has 1 aliphatic rings. The summed E-state index contributed by atoms with van der Waals surface area (Å²) in [5, 5.41) is 3.41. The number of benzene rings is 1. The van der Waals surface area contributed by atoms with Crippen LogP contribution in [0.4, 0.5) is 32.2 Å². The highest BCUT2D eigenvalue weighted by Gasteiger charge is 2.43. The van der Waals surface area contributed by atoms with Gasteiger partial charge in [0.15, 0.2) is 5.69 Å². The molecule has 0 bridgehead atoms. The average Bonchev–Trinajstić information content (AvgIpc) is 3.07. The van der Waals surface area contributed by atoms with Crippen LogP contribution in [0.2, 0.25) is 0 Å². The van der Waals surface area contributed by atoms with Gasteiger partial charge in [-0.05, 0) is 40.3 Å². The van der Waals surface area contributed by atoms with Gasteiger partial charge in [0.05, 0.1) is 12.1 Å². The first kappa shape index (κ1) is 19.8. The highest BCUT2D eigenvalue weighted by molar-refractivity contribution is 14.1. The van der Waals surface area contributed by atoms with Gasteiger partial charge in [0.2, 0.25) is 0 Å². The molecule has 0 fully saturated rings. The first-order valence-electron chi connectivity index (χ1n) is 7.48. The van der Waals surface area contributed by atoms with Crippen molar-refractivity contribution < 1.29 is 31.1 Å². The summed E-state index contributed by atoms with van der Waals surface area (Å²) in [5.74, 6) is -1.43. The van der Waals surface area contributed by atoms with Crippen molar-refractivity contribution in [2.75, 3.05) is 11.4 Å². The summed E-state index contributed by atoms with van der Waals surface area (Å²) in [6.07, 6.45) is -9.43. The van der Waals surface area contributed by atoms with E-state index in [1.54, 1.807) is 22.6 Å². The standard InChI is InChI=1S/C15H11F6IN4O/c16-14(17,18)8-5-7(1-2-9(8)22)6-25-3-4-26-13(25)10(12(23)27)11(24-26)15(19,20)21/h1-2,5H,3-4,6H2,(H2,23,27). The summed E-state index contributed by atoms with van der Waals surface area (Å²) >= 11 is 1.56. The molecule has 0 saturated heterocycles. The maximum Gasteiger partial charge on any atom is 0.436 e. The molecule has 12 heteroatoms. The number of alkyl halides is 6. The summed E-state index contributed by atoms with van der Waals surface area (Å²) < 4.78 is 79.6. The molecule has 1 amide bonds. The third-order valence-corrected chi connectivity index (χ3v) is 4.97. The first-order chi connectivity index (χ1) is 12.4. The maximum atomic E-state index is 13.1. The molecule has 0 aliphatic carbocycles. The van der Waals surface area contributed by atoms with Crippen LogP contribution < -0.4 is 10.6 Å². The molecule has 1 aromatic carbocycles. The van der Waals surface area contributed by atoms with Gasteiger partial charge in [-0.25, -0.2) is 4.68 Å². The molecule has 3 rings (SSSR count). The van der Waals surface area contributed by atoms with Gasteiger partial charge in [0, 0.05) is 16.7 Å². The number of carbonyl (C=O) groups is 1. The second-order valence-corrected chi connectivity index (χ2v) is 7.03. The number of anilines is 1. The number of hydrogen-bond donors (Lipinski definition) is 1. The Morgan fingerprint density at radius 1 is 1.15 bits per heavy atom. The number of primary amides is 1. The average molecular weight is 504 g/mol. The lowest BCUT2D eigenvalue weighted by atomic mass is 10.1. The zero-order chi connectivity index (χ0) is 20.1. The van der Waals surface area contributed by atoms with Gasteiger partial charge in [-0.1, -0.05) is 6.07 Å². The van der Waals surface area contributed by atoms with Crippen molar-refractivity contribution in [2.45, 2.75) is 25.4 Å². The van der Waals surface area contributed by atoms with Gasteiger partial charge in [0.1, 0.15) is 11.4 Å². The Morgan fingerprint density at radius 3 is 2.37 bits per heavy atom. The molecule has 0 saturated carbocycles. The van der Waals surface area contributed by atoms with E-state index >= 15 is 0 Å². The largest absolute Gasteiger partial charge is 0.436 e. The molecule has 146 valence electrons. The summed E-state index contributed by atoms with van der Waals surface area (Å²) in [7, 11) is 0. The Bertz CT molecular complexity index is 905. The molecular weight excluding hydrogens is 493 g/mol. The van der Waals surface area contributed by atoms with E-state index in [4.69, 9.17) is 5.73 Å². The van der Waals surface area contributed by atoms with Crippen molar-refractivity contribution in [3.63, 3.8) is 0 Å². The minimum absolute atomic E-state index is 0.00694. The van der Waals surface area contributed by atoms with E-state index in [1.165, 1.54) is 17.0 Å². The lowest BCUT2D eigenvalue weighted by molar-refractivity contribution is -0.142. The summed E-state index contributed by atoms with van der Waals surface area (Å²) in [5.41, 5.74) is 2.35. The van der Waals surface area contributed by atoms with Crippen molar-refractivity contribution in [1.82, 2.24) is 9.78 Å². The fraction of sp³-hybridized carbons (Fsp3) is 0.333. The number of carbonyl (C=O) groups excluding carboxylic acids is 1. The topological polar surface area (TPSA) is 64.2 Å². The third-order valence-electron chi connectivity index (χ3n) is 4.03. The fourth-order valence-corrected chi connectivity index (χ4v) is 3.58. The van der Waals surface area contributed by atoms with Crippen LogP contribution in [0.1, 0.15) is 27.2 Å². The highest BCUT2D eigenvalue weighted by Crippen LogP contribution is 2.39. The van der Waals surface area contributed by atoms with Crippen LogP contribution in [0, 0.1) is 3.57 Å². The molecule has 0 spiro atoms. The number of nitrogens with zero attached hydrogens (tertiary/aromatic N) is 3. The van der Waals surface area contributed by atoms with Crippen LogP contribution >= 0.6 is 22.6 Å². The Morgan fingerprint density at radius 2 is 1.81 bits per heavy atom. The Kier molecular flexibility index (Phi) is 4.80. The lowest BCUT2D eigenvalue weighted by Crippen LogP contribution is -2.25. The van der Waals surface area contributed by atoms with Crippen LogP contribution in [0.15, 0.2) is 18.2 Å². The molecule has 5 nitrogen and oxygen atoms in total. The SMILES string of the molecule is NC(=O)c1c(C(F)(F)F)nn2c1N(Cc1ccc(I)c(C(F)(F)F)c1)CC2. The zero-order valence-corrected chi connectivity index (χ0v) is 15.5. The van der Waals surface area contributed by atoms with Crippen molar-refractivity contribution >= 4 is 34.3 Å². The number of rotatable bonds is 3. The quantitative estimate of drug-likeness (QED) is 0.513. The van der Waals surface area contributed by atoms with E-state index in [0.29, 0.717) is 0 Å². The van der Waals surface area contributed by atoms with Crippen molar-refractivity contribution in [3.05, 3.63) is 44.2 Å². The number of amides is 1. The first-order valence-corrected chi connectivity index (χ1v) is 8.56. The van der Waals surface area contributed by atoms with Gasteiger partial charge < -0.3 is 10.6 Å². The molecule has 2 N–H and O–H groups in total. The van der Waals surface area contributed by atoms with E-state index in [2.05, 4.69) is 5.10 Å². The molecular formula is C15H11F6IN4O. The summed E-state index contributed by atoms with van der Waals surface area (Å²) in [6.45, 7) is 0.125. The van der Waals surface area contributed by atoms with Gasteiger partial charge in [-0.15, -0.1) is 0 Å². The second kappa shape index (κ2) is 6.56. The smallest absolute Gasteiger partial charge is 0.365 e. The monoisotopic (exact) mass is 504 g/mol. The normalized spacial score (nSPS) is 14.6. The molecule has 2 aromatic rings. The number of hydrogen-bond acceptors (Lipinski definition) is 3. The second-order valence-electron chi connectivity index (χ2n) is 5.87. The molecule has 2 heterocycles. The Balaban J connectivity index is 2.00. The van der Waals surface area contributed by atoms with E-state index in [-0.39, 0.29) is 34.6 Å². The lowest BCUT2D eigenvalue weighted by Gasteiger charge is -2.20. The summed E-state index contributed by atoms with van der Waals surface area (Å²) in [6, 6.07) is 3.67. The summed E-state index contributed by atoms with van der Waals surface area (Å²) in [4.78, 5) is 13.0. The number of nitrogens with two attached hydrogens (primary N) is 1. The molecule has 1 aliphatic heterocycles. The predicted molar refractivity (Wildman–Crippen MR) is 91.0 cm³/mol. The molecule has 27 heavy (non-hydrogen) atoms. The number of halogens is 7. The fourth-order valence-electron chi connectivity index (χ4n) is 2.94. The molecule has 0 unspecified atom stereocenters. The number of aromatic nitrogens is 2. The van der Waals surface area contributed by atoms with E-state index < -0.39 is 35.1 Å². The maximum absolute atomic E-state index is 13.1. The van der Waals surface area contributed by atoms with Crippen molar-refractivity contribution in [2.24, 2.45) is 5.73 Å². The van der Waals surface area contributed by atoms with Gasteiger partial charge >= 0.3 is 12.4 Å². The van der Waals surface area contributed by atoms with Crippen LogP contribution in [0.25, 0.3) is 0 Å². The molecule has 0 radical (unpaired) electrons. The third kappa shape index (κ3) is 3.71. The Hall–Kier alpha value is -1.99. The van der Waals surface area contributed by atoms with E-state index in [9.17, 15) is 31.1 Å². The predicted octanol–water partition coefficient (Wildman–Crippen LogP) is 3.64. The van der Waals surface area contributed by atoms with Gasteiger partial charge in [0.25, 0.3) is 5.91 Å². The van der Waals surface area contributed by atoms with E-state index in [1.807, 2.05) is 0 Å². The van der Waals surface area contributed by atoms with Crippen molar-refractivity contribution in [1.29, 1.82) is 0 Å². The minimum atomic E-state index is -4.88. The minimum Gasteiger partial charge on any atom is -0.365 e. The van der Waals surface area contributed by atoms with Crippen molar-refractivity contribution in [3.8, 4) is 0 Å². The zero-order valence-electron chi connectivity index (χ0n) is 13.3. The van der Waals surface area contributed by atoms with Crippen LogP contribution in [0.3, 0.4) is 0 Å². The molecule has 1 aromatic heterocycles. The molecule has 0 atom stereocenters. The number of fused-ring (bicyclic) bond motifs is 1.